The second kappa shape index (κ2) is 9.69. The quantitative estimate of drug-likeness (QED) is 0.292. The van der Waals surface area contributed by atoms with Crippen molar-refractivity contribution in [3.8, 4) is 0 Å². The van der Waals surface area contributed by atoms with Crippen LogP contribution in [0, 0.1) is 27.7 Å². The lowest BCUT2D eigenvalue weighted by atomic mass is 9.57. The number of nitrogens with two attached hydrogens (primary N) is 2. The standard InChI is InChI=1S/C32H50N2/c1-10-12-14-16-25-20-26(24(6)29(33)23(25)5)31(9)28-22(4)18-21(3)19-27(28)30(7,8)32(31,34)17-15-13-11-2/h18-20H,10-17,33-34H2,1-9H3. The van der Waals surface area contributed by atoms with Gasteiger partial charge in [0.25, 0.3) is 0 Å². The molecule has 2 heteroatoms. The Morgan fingerprint density at radius 1 is 0.765 bits per heavy atom. The van der Waals surface area contributed by atoms with Crippen molar-refractivity contribution < 1.29 is 0 Å². The first-order chi connectivity index (χ1) is 15.9. The van der Waals surface area contributed by atoms with E-state index in [-0.39, 0.29) is 10.8 Å². The van der Waals surface area contributed by atoms with Crippen LogP contribution in [-0.4, -0.2) is 5.54 Å². The maximum atomic E-state index is 7.75. The highest BCUT2D eigenvalue weighted by molar-refractivity contribution is 5.68. The van der Waals surface area contributed by atoms with Gasteiger partial charge < -0.3 is 11.5 Å². The van der Waals surface area contributed by atoms with Gasteiger partial charge in [-0.15, -0.1) is 0 Å². The predicted octanol–water partition coefficient (Wildman–Crippen LogP) is 8.11. The summed E-state index contributed by atoms with van der Waals surface area (Å²) in [6.45, 7) is 20.7. The minimum atomic E-state index is -0.400. The Balaban J connectivity index is 2.35. The summed E-state index contributed by atoms with van der Waals surface area (Å²) in [7, 11) is 0. The average molecular weight is 463 g/mol. The van der Waals surface area contributed by atoms with Crippen LogP contribution in [-0.2, 0) is 17.3 Å². The maximum absolute atomic E-state index is 7.75. The number of aryl methyl sites for hydroxylation is 3. The fraction of sp³-hybridized carbons (Fsp3) is 0.625. The minimum absolute atomic E-state index is 0.143. The second-order valence-corrected chi connectivity index (χ2v) is 11.9. The lowest BCUT2D eigenvalue weighted by molar-refractivity contribution is 0.177. The van der Waals surface area contributed by atoms with E-state index in [9.17, 15) is 0 Å². The highest BCUT2D eigenvalue weighted by atomic mass is 14.9. The van der Waals surface area contributed by atoms with Gasteiger partial charge >= 0.3 is 0 Å². The van der Waals surface area contributed by atoms with Gasteiger partial charge in [-0.2, -0.15) is 0 Å². The molecule has 0 aromatic heterocycles. The van der Waals surface area contributed by atoms with E-state index in [1.165, 1.54) is 76.6 Å². The van der Waals surface area contributed by atoms with Crippen LogP contribution in [0.4, 0.5) is 5.69 Å². The van der Waals surface area contributed by atoms with E-state index in [0.29, 0.717) is 0 Å². The summed E-state index contributed by atoms with van der Waals surface area (Å²) in [4.78, 5) is 0. The van der Waals surface area contributed by atoms with Crippen molar-refractivity contribution in [1.82, 2.24) is 0 Å². The lowest BCUT2D eigenvalue weighted by Crippen LogP contribution is -2.63. The van der Waals surface area contributed by atoms with Crippen molar-refractivity contribution in [3.05, 3.63) is 62.7 Å². The molecule has 4 N–H and O–H groups in total. The Bertz CT molecular complexity index is 1050. The van der Waals surface area contributed by atoms with Gasteiger partial charge in [0.05, 0.1) is 0 Å². The fourth-order valence-corrected chi connectivity index (χ4v) is 7.14. The molecule has 2 aromatic carbocycles. The van der Waals surface area contributed by atoms with Crippen LogP contribution < -0.4 is 11.5 Å². The second-order valence-electron chi connectivity index (χ2n) is 11.9. The van der Waals surface area contributed by atoms with Crippen LogP contribution in [0.3, 0.4) is 0 Å². The molecule has 0 heterocycles. The molecule has 1 aliphatic carbocycles. The summed E-state index contributed by atoms with van der Waals surface area (Å²) in [6, 6.07) is 7.24. The van der Waals surface area contributed by atoms with Crippen LogP contribution in [0.15, 0.2) is 18.2 Å². The number of fused-ring (bicyclic) bond motifs is 1. The third-order valence-electron chi connectivity index (χ3n) is 9.44. The zero-order valence-electron chi connectivity index (χ0n) is 23.5. The Morgan fingerprint density at radius 2 is 1.38 bits per heavy atom. The molecule has 2 nitrogen and oxygen atoms in total. The first kappa shape index (κ1) is 26.8. The van der Waals surface area contributed by atoms with E-state index in [2.05, 4.69) is 80.5 Å². The Labute approximate surface area is 209 Å². The van der Waals surface area contributed by atoms with Crippen molar-refractivity contribution in [3.63, 3.8) is 0 Å². The van der Waals surface area contributed by atoms with Crippen molar-refractivity contribution in [2.24, 2.45) is 5.73 Å². The zero-order valence-corrected chi connectivity index (χ0v) is 23.5. The third kappa shape index (κ3) is 3.91. The number of benzene rings is 2. The molecule has 3 rings (SSSR count). The van der Waals surface area contributed by atoms with Crippen molar-refractivity contribution >= 4 is 5.69 Å². The van der Waals surface area contributed by atoms with Gasteiger partial charge in [-0.1, -0.05) is 83.6 Å². The molecule has 1 aliphatic rings. The lowest BCUT2D eigenvalue weighted by Gasteiger charge is -2.50. The van der Waals surface area contributed by atoms with Crippen molar-refractivity contribution in [2.75, 3.05) is 5.73 Å². The minimum Gasteiger partial charge on any atom is -0.398 e. The summed E-state index contributed by atoms with van der Waals surface area (Å²) in [5.74, 6) is 0. The van der Waals surface area contributed by atoms with Crippen LogP contribution in [0.5, 0.6) is 0 Å². The van der Waals surface area contributed by atoms with Gasteiger partial charge in [-0.05, 0) is 92.8 Å². The van der Waals surface area contributed by atoms with Gasteiger partial charge in [0.2, 0.25) is 0 Å². The van der Waals surface area contributed by atoms with Crippen LogP contribution in [0.1, 0.15) is 124 Å². The molecule has 0 fully saturated rings. The van der Waals surface area contributed by atoms with Crippen molar-refractivity contribution in [1.29, 1.82) is 0 Å². The zero-order chi connectivity index (χ0) is 25.5. The number of hydrogen-bond acceptors (Lipinski definition) is 2. The molecular formula is C32H50N2. The topological polar surface area (TPSA) is 52.0 Å². The van der Waals surface area contributed by atoms with E-state index in [0.717, 1.165) is 24.9 Å². The molecule has 2 atom stereocenters. The van der Waals surface area contributed by atoms with E-state index in [1.54, 1.807) is 0 Å². The average Bonchev–Trinajstić information content (AvgIpc) is 2.90. The molecule has 188 valence electrons. The number of hydrogen-bond donors (Lipinski definition) is 2. The maximum Gasteiger partial charge on any atom is 0.0383 e. The van der Waals surface area contributed by atoms with Gasteiger partial charge in [0.1, 0.15) is 0 Å². The molecular weight excluding hydrogens is 412 g/mol. The van der Waals surface area contributed by atoms with E-state index in [4.69, 9.17) is 11.5 Å². The molecule has 2 unspecified atom stereocenters. The molecule has 0 radical (unpaired) electrons. The highest BCUT2D eigenvalue weighted by Crippen LogP contribution is 2.61. The summed E-state index contributed by atoms with van der Waals surface area (Å²) in [5, 5.41) is 0. The van der Waals surface area contributed by atoms with Gasteiger partial charge in [-0.25, -0.2) is 0 Å². The molecule has 0 spiro atoms. The molecule has 34 heavy (non-hydrogen) atoms. The van der Waals surface area contributed by atoms with Crippen LogP contribution in [0.2, 0.25) is 0 Å². The molecule has 0 saturated heterocycles. The molecule has 2 aromatic rings. The smallest absolute Gasteiger partial charge is 0.0383 e. The Morgan fingerprint density at radius 3 is 2.00 bits per heavy atom. The predicted molar refractivity (Wildman–Crippen MR) is 150 cm³/mol. The van der Waals surface area contributed by atoms with Gasteiger partial charge in [0, 0.05) is 22.1 Å². The molecule has 0 amide bonds. The molecule has 0 bridgehead atoms. The monoisotopic (exact) mass is 462 g/mol. The number of anilines is 1. The number of rotatable bonds is 9. The summed E-state index contributed by atoms with van der Waals surface area (Å²) < 4.78 is 0. The highest BCUT2D eigenvalue weighted by Gasteiger charge is 2.63. The summed E-state index contributed by atoms with van der Waals surface area (Å²) in [5.41, 5.74) is 25.5. The molecule has 0 aliphatic heterocycles. The summed E-state index contributed by atoms with van der Waals surface area (Å²) in [6.07, 6.45) is 9.37. The largest absolute Gasteiger partial charge is 0.398 e. The first-order valence-corrected chi connectivity index (χ1v) is 13.7. The van der Waals surface area contributed by atoms with E-state index in [1.807, 2.05) is 0 Å². The number of unbranched alkanes of at least 4 members (excludes halogenated alkanes) is 4. The summed E-state index contributed by atoms with van der Waals surface area (Å²) >= 11 is 0. The van der Waals surface area contributed by atoms with Crippen LogP contribution >= 0.6 is 0 Å². The third-order valence-corrected chi connectivity index (χ3v) is 9.44. The molecule has 0 saturated carbocycles. The van der Waals surface area contributed by atoms with E-state index < -0.39 is 5.54 Å². The van der Waals surface area contributed by atoms with Crippen molar-refractivity contribution in [2.45, 2.75) is 130 Å². The first-order valence-electron chi connectivity index (χ1n) is 13.7. The fourth-order valence-electron chi connectivity index (χ4n) is 7.14. The Hall–Kier alpha value is -1.80. The SMILES string of the molecule is CCCCCc1cc(C2(C)c3c(C)cc(C)cc3C(C)(C)C2(N)CCCCC)c(C)c(N)c1C. The van der Waals surface area contributed by atoms with Gasteiger partial charge in [-0.3, -0.25) is 0 Å². The van der Waals surface area contributed by atoms with E-state index >= 15 is 0 Å². The van der Waals surface area contributed by atoms with Gasteiger partial charge in [0.15, 0.2) is 0 Å². The number of nitrogen functional groups attached to an aromatic ring is 1. The normalized spacial score (nSPS) is 23.4. The Kier molecular flexibility index (Phi) is 7.63. The van der Waals surface area contributed by atoms with Crippen LogP contribution in [0.25, 0.3) is 0 Å².